The zero-order valence-electron chi connectivity index (χ0n) is 14.0. The van der Waals surface area contributed by atoms with Gasteiger partial charge in [-0.25, -0.2) is 13.4 Å². The van der Waals surface area contributed by atoms with E-state index in [1.54, 1.807) is 30.4 Å². The highest BCUT2D eigenvalue weighted by atomic mass is 32.2. The van der Waals surface area contributed by atoms with Gasteiger partial charge in [0.2, 0.25) is 15.9 Å². The molecular weight excluding hydrogens is 358 g/mol. The van der Waals surface area contributed by atoms with Crippen LogP contribution >= 0.6 is 11.3 Å². The highest BCUT2D eigenvalue weighted by molar-refractivity contribution is 7.92. The zero-order valence-corrected chi connectivity index (χ0v) is 15.6. The molecule has 0 radical (unpaired) electrons. The van der Waals surface area contributed by atoms with E-state index < -0.39 is 10.0 Å². The minimum Gasteiger partial charge on any atom is -0.284 e. The fourth-order valence-corrected chi connectivity index (χ4v) is 4.03. The Morgan fingerprint density at radius 2 is 2.04 bits per heavy atom. The number of thiophene rings is 1. The van der Waals surface area contributed by atoms with Gasteiger partial charge in [0.15, 0.2) is 0 Å². The SMILES string of the molecule is CCS(=O)(=O)Nc1ccc(C2=NN(C(C)=O)[C@H](c3ccsc3)C2)cc1. The van der Waals surface area contributed by atoms with E-state index in [-0.39, 0.29) is 17.7 Å². The van der Waals surface area contributed by atoms with E-state index in [9.17, 15) is 13.2 Å². The van der Waals surface area contributed by atoms with E-state index in [1.807, 2.05) is 29.0 Å². The highest BCUT2D eigenvalue weighted by Crippen LogP contribution is 2.33. The van der Waals surface area contributed by atoms with E-state index in [0.717, 1.165) is 16.8 Å². The molecule has 3 rings (SSSR count). The molecule has 0 saturated carbocycles. The lowest BCUT2D eigenvalue weighted by Crippen LogP contribution is -2.23. The standard InChI is InChI=1S/C17H19N3O3S2/c1-3-25(22,23)19-15-6-4-13(5-7-15)16-10-17(14-8-9-24-11-14)20(18-16)12(2)21/h4-9,11,17,19H,3,10H2,1-2H3/t17-/m0/s1. The van der Waals surface area contributed by atoms with Crippen LogP contribution in [0.1, 0.15) is 37.4 Å². The molecule has 2 aromatic rings. The zero-order chi connectivity index (χ0) is 18.0. The van der Waals surface area contributed by atoms with Crippen molar-refractivity contribution in [2.24, 2.45) is 5.10 Å². The summed E-state index contributed by atoms with van der Waals surface area (Å²) in [7, 11) is -3.29. The Labute approximate surface area is 151 Å². The molecule has 1 aliphatic rings. The monoisotopic (exact) mass is 377 g/mol. The summed E-state index contributed by atoms with van der Waals surface area (Å²) >= 11 is 1.59. The van der Waals surface area contributed by atoms with Gasteiger partial charge in [-0.05, 0) is 47.0 Å². The molecule has 0 unspecified atom stereocenters. The van der Waals surface area contributed by atoms with Crippen LogP contribution in [-0.2, 0) is 14.8 Å². The first kappa shape index (κ1) is 17.6. The van der Waals surface area contributed by atoms with Crippen LogP contribution in [-0.4, -0.2) is 30.8 Å². The number of carbonyl (C=O) groups is 1. The van der Waals surface area contributed by atoms with Crippen LogP contribution in [0.4, 0.5) is 5.69 Å². The topological polar surface area (TPSA) is 78.8 Å². The van der Waals surface area contributed by atoms with Crippen molar-refractivity contribution in [3.63, 3.8) is 0 Å². The van der Waals surface area contributed by atoms with Crippen molar-refractivity contribution in [1.82, 2.24) is 5.01 Å². The molecule has 1 N–H and O–H groups in total. The fraction of sp³-hybridized carbons (Fsp3) is 0.294. The number of hydrogen-bond donors (Lipinski definition) is 1. The van der Waals surface area contributed by atoms with Crippen molar-refractivity contribution in [3.8, 4) is 0 Å². The van der Waals surface area contributed by atoms with Gasteiger partial charge in [0.1, 0.15) is 0 Å². The third-order valence-corrected chi connectivity index (χ3v) is 6.04. The maximum atomic E-state index is 11.9. The predicted molar refractivity (Wildman–Crippen MR) is 100 cm³/mol. The van der Waals surface area contributed by atoms with Crippen molar-refractivity contribution in [1.29, 1.82) is 0 Å². The molecule has 1 atom stereocenters. The molecule has 1 aromatic heterocycles. The third kappa shape index (κ3) is 3.91. The molecule has 2 heterocycles. The molecule has 0 saturated heterocycles. The first-order chi connectivity index (χ1) is 11.9. The number of benzene rings is 1. The van der Waals surface area contributed by atoms with Crippen LogP contribution in [0.15, 0.2) is 46.2 Å². The highest BCUT2D eigenvalue weighted by Gasteiger charge is 2.31. The van der Waals surface area contributed by atoms with Crippen molar-refractivity contribution in [2.45, 2.75) is 26.3 Å². The second-order valence-electron chi connectivity index (χ2n) is 5.77. The van der Waals surface area contributed by atoms with Crippen LogP contribution in [0.2, 0.25) is 0 Å². The van der Waals surface area contributed by atoms with Gasteiger partial charge in [-0.1, -0.05) is 12.1 Å². The molecule has 0 aliphatic carbocycles. The number of anilines is 1. The van der Waals surface area contributed by atoms with Crippen molar-refractivity contribution >= 4 is 38.7 Å². The van der Waals surface area contributed by atoms with Gasteiger partial charge in [0, 0.05) is 19.0 Å². The molecule has 8 heteroatoms. The van der Waals surface area contributed by atoms with Gasteiger partial charge in [-0.15, -0.1) is 0 Å². The Bertz CT molecular complexity index is 888. The summed E-state index contributed by atoms with van der Waals surface area (Å²) in [6, 6.07) is 8.98. The minimum absolute atomic E-state index is 0.0252. The van der Waals surface area contributed by atoms with Gasteiger partial charge < -0.3 is 0 Å². The van der Waals surface area contributed by atoms with Gasteiger partial charge in [-0.2, -0.15) is 16.4 Å². The predicted octanol–water partition coefficient (Wildman–Crippen LogP) is 3.21. The minimum atomic E-state index is -3.29. The number of carbonyl (C=O) groups excluding carboxylic acids is 1. The molecule has 0 fully saturated rings. The molecular formula is C17H19N3O3S2. The number of rotatable bonds is 5. The number of sulfonamides is 1. The smallest absolute Gasteiger partial charge is 0.240 e. The van der Waals surface area contributed by atoms with Crippen LogP contribution in [0.25, 0.3) is 0 Å². The Morgan fingerprint density at radius 3 is 2.60 bits per heavy atom. The summed E-state index contributed by atoms with van der Waals surface area (Å²) in [5.74, 6) is -0.0734. The molecule has 1 aliphatic heterocycles. The van der Waals surface area contributed by atoms with Gasteiger partial charge in [-0.3, -0.25) is 9.52 Å². The molecule has 0 spiro atoms. The van der Waals surface area contributed by atoms with Gasteiger partial charge >= 0.3 is 0 Å². The number of nitrogens with one attached hydrogen (secondary N) is 1. The van der Waals surface area contributed by atoms with Crippen LogP contribution in [0.3, 0.4) is 0 Å². The average molecular weight is 377 g/mol. The maximum Gasteiger partial charge on any atom is 0.240 e. The first-order valence-corrected chi connectivity index (χ1v) is 10.5. The van der Waals surface area contributed by atoms with E-state index in [0.29, 0.717) is 12.1 Å². The second-order valence-corrected chi connectivity index (χ2v) is 8.56. The first-order valence-electron chi connectivity index (χ1n) is 7.90. The Morgan fingerprint density at radius 1 is 1.32 bits per heavy atom. The summed E-state index contributed by atoms with van der Waals surface area (Å²) < 4.78 is 25.8. The Balaban J connectivity index is 1.82. The van der Waals surface area contributed by atoms with Crippen molar-refractivity contribution < 1.29 is 13.2 Å². The van der Waals surface area contributed by atoms with Crippen LogP contribution in [0, 0.1) is 0 Å². The molecule has 1 aromatic carbocycles. The lowest BCUT2D eigenvalue weighted by atomic mass is 10.0. The number of hydrogen-bond acceptors (Lipinski definition) is 5. The normalized spacial score (nSPS) is 17.4. The summed E-state index contributed by atoms with van der Waals surface area (Å²) in [6.07, 6.45) is 0.635. The largest absolute Gasteiger partial charge is 0.284 e. The van der Waals surface area contributed by atoms with Crippen LogP contribution < -0.4 is 4.72 Å². The third-order valence-electron chi connectivity index (χ3n) is 4.03. The van der Waals surface area contributed by atoms with Crippen molar-refractivity contribution in [3.05, 3.63) is 52.2 Å². The van der Waals surface area contributed by atoms with E-state index >= 15 is 0 Å². The average Bonchev–Trinajstić information content (AvgIpc) is 3.24. The second kappa shape index (κ2) is 6.97. The lowest BCUT2D eigenvalue weighted by Gasteiger charge is -2.18. The maximum absolute atomic E-state index is 11.9. The Hall–Kier alpha value is -2.19. The molecule has 0 bridgehead atoms. The summed E-state index contributed by atoms with van der Waals surface area (Å²) in [5, 5.41) is 10.0. The quantitative estimate of drug-likeness (QED) is 0.869. The molecule has 132 valence electrons. The molecule has 25 heavy (non-hydrogen) atoms. The van der Waals surface area contributed by atoms with E-state index in [1.165, 1.54) is 11.9 Å². The Kier molecular flexibility index (Phi) is 4.91. The van der Waals surface area contributed by atoms with Crippen LogP contribution in [0.5, 0.6) is 0 Å². The summed E-state index contributed by atoms with van der Waals surface area (Å²) in [6.45, 7) is 3.10. The van der Waals surface area contributed by atoms with Crippen molar-refractivity contribution in [2.75, 3.05) is 10.5 Å². The molecule has 1 amide bonds. The number of amides is 1. The molecule has 6 nitrogen and oxygen atoms in total. The summed E-state index contributed by atoms with van der Waals surface area (Å²) in [5.41, 5.74) is 3.29. The van der Waals surface area contributed by atoms with E-state index in [4.69, 9.17) is 0 Å². The van der Waals surface area contributed by atoms with E-state index in [2.05, 4.69) is 9.82 Å². The number of nitrogens with zero attached hydrogens (tertiary/aromatic N) is 2. The number of hydrazone groups is 1. The van der Waals surface area contributed by atoms with Gasteiger partial charge in [0.05, 0.1) is 17.5 Å². The fourth-order valence-electron chi connectivity index (χ4n) is 2.68. The van der Waals surface area contributed by atoms with Gasteiger partial charge in [0.25, 0.3) is 0 Å². The summed E-state index contributed by atoms with van der Waals surface area (Å²) in [4.78, 5) is 11.9. The lowest BCUT2D eigenvalue weighted by molar-refractivity contribution is -0.130.